The number of carbonyl (C=O) groups excluding carboxylic acids is 5. The highest BCUT2D eigenvalue weighted by Gasteiger charge is 2.31. The van der Waals surface area contributed by atoms with Gasteiger partial charge in [-0.1, -0.05) is 10.8 Å². The van der Waals surface area contributed by atoms with Gasteiger partial charge in [0.1, 0.15) is 24.2 Å². The van der Waals surface area contributed by atoms with Crippen LogP contribution in [-0.4, -0.2) is 125 Å². The van der Waals surface area contributed by atoms with Gasteiger partial charge >= 0.3 is 5.69 Å². The van der Waals surface area contributed by atoms with Gasteiger partial charge in [-0.05, 0) is 68.2 Å². The zero-order chi connectivity index (χ0) is 45.9. The van der Waals surface area contributed by atoms with Crippen LogP contribution in [0.2, 0.25) is 0 Å². The van der Waals surface area contributed by atoms with Gasteiger partial charge in [-0.2, -0.15) is 0 Å². The Morgan fingerprint density at radius 1 is 0.623 bits per heavy atom. The van der Waals surface area contributed by atoms with E-state index in [0.29, 0.717) is 6.42 Å². The molecule has 61 heavy (non-hydrogen) atoms. The highest BCUT2D eigenvalue weighted by Crippen LogP contribution is 2.35. The summed E-state index contributed by atoms with van der Waals surface area (Å²) in [5.74, 6) is -4.92. The Balaban J connectivity index is 3.34. The average molecular weight is 899 g/mol. The number of rotatable bonds is 30. The molecule has 340 valence electrons. The lowest BCUT2D eigenvalue weighted by Crippen LogP contribution is -2.59. The number of guanidine groups is 4. The van der Waals surface area contributed by atoms with Crippen molar-refractivity contribution in [3.05, 3.63) is 28.4 Å². The van der Waals surface area contributed by atoms with Crippen molar-refractivity contribution in [2.24, 2.45) is 77.3 Å². The van der Waals surface area contributed by atoms with Crippen LogP contribution >= 0.6 is 21.6 Å². The fraction of sp³-hybridized carbons (Fsp3) is 0.562. The lowest BCUT2D eigenvalue weighted by Gasteiger charge is -2.26. The monoisotopic (exact) mass is 898 g/mol. The summed E-state index contributed by atoms with van der Waals surface area (Å²) in [5.41, 5.74) is 54.7. The minimum atomic E-state index is -1.33. The Kier molecular flexibility index (Phi) is 25.0. The van der Waals surface area contributed by atoms with Crippen molar-refractivity contribution in [1.29, 1.82) is 0 Å². The summed E-state index contributed by atoms with van der Waals surface area (Å²) in [6.07, 6.45) is 2.38. The van der Waals surface area contributed by atoms with E-state index in [0.717, 1.165) is 21.6 Å². The Labute approximate surface area is 359 Å². The maximum Gasteiger partial charge on any atom is 0.302 e. The number of nitrogens with two attached hydrogens (primary N) is 10. The molecule has 0 radical (unpaired) electrons. The molecule has 1 heterocycles. The third kappa shape index (κ3) is 23.1. The summed E-state index contributed by atoms with van der Waals surface area (Å²) in [7, 11) is 1.86. The average Bonchev–Trinajstić information content (AvgIpc) is 3.18. The van der Waals surface area contributed by atoms with Gasteiger partial charge in [0.2, 0.25) is 29.5 Å². The van der Waals surface area contributed by atoms with Gasteiger partial charge < -0.3 is 78.6 Å². The van der Waals surface area contributed by atoms with Crippen LogP contribution in [0.1, 0.15) is 51.4 Å². The molecule has 27 nitrogen and oxygen atoms in total. The molecule has 0 unspecified atom stereocenters. The number of hydrogen-bond donors (Lipinski definition) is 14. The van der Waals surface area contributed by atoms with Gasteiger partial charge in [0.25, 0.3) is 0 Å². The topological polar surface area (TPSA) is 499 Å². The third-order valence-electron chi connectivity index (χ3n) is 8.02. The first kappa shape index (κ1) is 52.7. The molecule has 0 aliphatic heterocycles. The van der Waals surface area contributed by atoms with E-state index in [1.807, 2.05) is 0 Å². The highest BCUT2D eigenvalue weighted by molar-refractivity contribution is 8.76. The Hall–Kier alpha value is -6.36. The quantitative estimate of drug-likeness (QED) is 0.00856. The molecule has 24 N–H and O–H groups in total. The minimum absolute atomic E-state index is 0.0196. The van der Waals surface area contributed by atoms with Crippen LogP contribution in [0.5, 0.6) is 0 Å². The molecule has 0 aliphatic rings. The number of nitro groups is 1. The number of hydrogen-bond acceptors (Lipinski definition) is 15. The van der Waals surface area contributed by atoms with Crippen molar-refractivity contribution in [2.75, 3.05) is 31.9 Å². The van der Waals surface area contributed by atoms with Crippen LogP contribution in [0.3, 0.4) is 0 Å². The first-order valence-electron chi connectivity index (χ1n) is 18.7. The van der Waals surface area contributed by atoms with Crippen LogP contribution in [0, 0.1) is 10.1 Å². The fourth-order valence-corrected chi connectivity index (χ4v) is 7.23. The minimum Gasteiger partial charge on any atom is -0.370 e. The second-order valence-electron chi connectivity index (χ2n) is 13.0. The first-order valence-corrected chi connectivity index (χ1v) is 21.0. The Bertz CT molecular complexity index is 1730. The van der Waals surface area contributed by atoms with E-state index in [9.17, 15) is 34.1 Å². The zero-order valence-electron chi connectivity index (χ0n) is 33.4. The zero-order valence-corrected chi connectivity index (χ0v) is 35.1. The highest BCUT2D eigenvalue weighted by atomic mass is 33.1. The number of aliphatic imine (C=N–C) groups is 4. The van der Waals surface area contributed by atoms with Gasteiger partial charge in [0, 0.05) is 44.2 Å². The summed E-state index contributed by atoms with van der Waals surface area (Å²) in [6, 6.07) is -3.58. The molecule has 5 atom stereocenters. The summed E-state index contributed by atoms with van der Waals surface area (Å²) in [4.78, 5) is 97.4. The second-order valence-corrected chi connectivity index (χ2v) is 15.3. The van der Waals surface area contributed by atoms with Crippen molar-refractivity contribution in [3.63, 3.8) is 0 Å². The van der Waals surface area contributed by atoms with Gasteiger partial charge in [0.15, 0.2) is 28.9 Å². The van der Waals surface area contributed by atoms with Crippen molar-refractivity contribution < 1.29 is 28.9 Å². The molecular formula is C32H58N20O7S2. The number of nitrogens with one attached hydrogen (secondary N) is 4. The summed E-state index contributed by atoms with van der Waals surface area (Å²) < 4.78 is 0. The van der Waals surface area contributed by atoms with Crippen LogP contribution in [0.4, 0.5) is 5.69 Å². The Morgan fingerprint density at radius 3 is 1.38 bits per heavy atom. The third-order valence-corrected chi connectivity index (χ3v) is 10.3. The maximum absolute atomic E-state index is 14.0. The molecule has 1 aromatic rings. The molecule has 0 spiro atoms. The van der Waals surface area contributed by atoms with Gasteiger partial charge in [-0.3, -0.25) is 54.1 Å². The molecule has 0 aliphatic carbocycles. The number of nitrogens with zero attached hydrogens (tertiary/aromatic N) is 6. The molecule has 0 saturated carbocycles. The summed E-state index contributed by atoms with van der Waals surface area (Å²) in [6.45, 7) is 0.455. The van der Waals surface area contributed by atoms with E-state index in [1.165, 1.54) is 18.3 Å². The number of carbonyl (C=O) groups is 5. The van der Waals surface area contributed by atoms with E-state index >= 15 is 0 Å². The number of amides is 5. The lowest BCUT2D eigenvalue weighted by molar-refractivity contribution is -0.388. The summed E-state index contributed by atoms with van der Waals surface area (Å²) >= 11 is 0. The molecule has 5 amide bonds. The molecular weight excluding hydrogens is 841 g/mol. The lowest BCUT2D eigenvalue weighted by atomic mass is 10.0. The largest absolute Gasteiger partial charge is 0.370 e. The van der Waals surface area contributed by atoms with E-state index in [2.05, 4.69) is 46.2 Å². The fourth-order valence-electron chi connectivity index (χ4n) is 5.00. The van der Waals surface area contributed by atoms with E-state index < -0.39 is 64.7 Å². The molecule has 0 bridgehead atoms. The molecule has 1 rings (SSSR count). The molecule has 29 heteroatoms. The predicted molar refractivity (Wildman–Crippen MR) is 234 cm³/mol. The molecule has 0 fully saturated rings. The SMILES string of the molecule is NC(=O)[C@H](CSSc1ncccc1[N+](=O)[O-])NC(=O)[C@H](CCCN=C(N)N)NC(=O)[C@H](CCCN=C(N)N)NC(=O)[C@H](CCCN=C(N)N)NC(=O)[C@@H](N)CCCN=C(N)N. The van der Waals surface area contributed by atoms with Crippen molar-refractivity contribution in [3.8, 4) is 0 Å². The maximum atomic E-state index is 14.0. The molecule has 0 saturated heterocycles. The molecule has 0 aromatic carbocycles. The van der Waals surface area contributed by atoms with Gasteiger partial charge in [0.05, 0.1) is 11.0 Å². The standard InChI is InChI=1S/C32H58N20O7S2/c33-17(6-1-12-44-29(35)36)24(54)48-18(7-2-13-45-30(37)38)25(55)49-19(8-3-14-46-31(39)40)26(56)50-20(9-4-15-47-32(41)42)27(57)51-21(23(34)53)16-60-61-28-22(52(58)59)10-5-11-43-28/h5,10-11,17-21H,1-4,6-9,12-16,33H2,(H2,34,53)(H,48,54)(H,49,55)(H,50,56)(H,51,57)(H4,35,36,44)(H4,37,38,45)(H4,39,40,46)(H4,41,42,47)/t17-,18-,19-,20-,21-/m0/s1. The summed E-state index contributed by atoms with van der Waals surface area (Å²) in [5, 5.41) is 21.8. The number of primary amides is 1. The number of pyridine rings is 1. The smallest absolute Gasteiger partial charge is 0.302 e. The van der Waals surface area contributed by atoms with Crippen LogP contribution in [0.25, 0.3) is 0 Å². The van der Waals surface area contributed by atoms with E-state index in [-0.39, 0.29) is 111 Å². The first-order chi connectivity index (χ1) is 28.8. The van der Waals surface area contributed by atoms with E-state index in [1.54, 1.807) is 0 Å². The second kappa shape index (κ2) is 29.0. The van der Waals surface area contributed by atoms with E-state index in [4.69, 9.17) is 57.3 Å². The van der Waals surface area contributed by atoms with Crippen molar-refractivity contribution in [2.45, 2.75) is 86.6 Å². The van der Waals surface area contributed by atoms with Crippen LogP contribution in [-0.2, 0) is 24.0 Å². The predicted octanol–water partition coefficient (Wildman–Crippen LogP) is -5.30. The number of aromatic nitrogens is 1. The Morgan fingerprint density at radius 2 is 1.00 bits per heavy atom. The van der Waals surface area contributed by atoms with Crippen molar-refractivity contribution >= 4 is 80.6 Å². The normalized spacial score (nSPS) is 13.1. The molecule has 1 aromatic heterocycles. The van der Waals surface area contributed by atoms with Crippen molar-refractivity contribution in [1.82, 2.24) is 26.3 Å². The van der Waals surface area contributed by atoms with Gasteiger partial charge in [-0.15, -0.1) is 0 Å². The van der Waals surface area contributed by atoms with Gasteiger partial charge in [-0.25, -0.2) is 4.98 Å². The van der Waals surface area contributed by atoms with Crippen LogP contribution in [0.15, 0.2) is 43.3 Å². The van der Waals surface area contributed by atoms with Crippen LogP contribution < -0.4 is 78.6 Å².